The van der Waals surface area contributed by atoms with Gasteiger partial charge in [-0.15, -0.1) is 3.89 Å². The first-order valence-corrected chi connectivity index (χ1v) is 4.72. The topological polar surface area (TPSA) is 60.2 Å². The third-order valence-electron chi connectivity index (χ3n) is 1.89. The zero-order valence-electron chi connectivity index (χ0n) is 5.46. The van der Waals surface area contributed by atoms with Gasteiger partial charge in [-0.2, -0.15) is 8.42 Å². The lowest BCUT2D eigenvalue weighted by molar-refractivity contribution is 0.281. The van der Waals surface area contributed by atoms with Crippen LogP contribution in [-0.2, 0) is 10.2 Å². The van der Waals surface area contributed by atoms with Crippen molar-refractivity contribution in [2.45, 2.75) is 18.9 Å². The maximum absolute atomic E-state index is 12.0. The summed E-state index contributed by atoms with van der Waals surface area (Å²) in [4.78, 5) is 0. The monoisotopic (exact) mass is 167 g/mol. The molecule has 3 nitrogen and oxygen atoms in total. The maximum atomic E-state index is 12.0. The van der Waals surface area contributed by atoms with E-state index < -0.39 is 16.0 Å². The van der Waals surface area contributed by atoms with Crippen molar-refractivity contribution >= 4 is 10.2 Å². The molecule has 1 aliphatic rings. The van der Waals surface area contributed by atoms with Crippen molar-refractivity contribution in [1.82, 2.24) is 0 Å². The van der Waals surface area contributed by atoms with Crippen LogP contribution in [-0.4, -0.2) is 20.2 Å². The van der Waals surface area contributed by atoms with Crippen molar-refractivity contribution in [2.24, 2.45) is 11.7 Å². The van der Waals surface area contributed by atoms with Gasteiger partial charge in [0.25, 0.3) is 0 Å². The third-order valence-corrected chi connectivity index (χ3v) is 2.72. The standard InChI is InChI=1S/C5H10FNO2S/c6-10(8,9)3-4-1-2-5(4)7/h4-5H,1-3,7H2/t4-,5-/m0/s1. The van der Waals surface area contributed by atoms with Crippen LogP contribution in [0.2, 0.25) is 0 Å². The Morgan fingerprint density at radius 2 is 2.10 bits per heavy atom. The fraction of sp³-hybridized carbons (Fsp3) is 1.00. The molecule has 1 fully saturated rings. The predicted molar refractivity (Wildman–Crippen MR) is 35.6 cm³/mol. The van der Waals surface area contributed by atoms with E-state index in [1.54, 1.807) is 0 Å². The number of hydrogen-bond acceptors (Lipinski definition) is 3. The summed E-state index contributed by atoms with van der Waals surface area (Å²) >= 11 is 0. The summed E-state index contributed by atoms with van der Waals surface area (Å²) in [7, 11) is -4.30. The van der Waals surface area contributed by atoms with E-state index in [-0.39, 0.29) is 12.0 Å². The Morgan fingerprint density at radius 1 is 1.50 bits per heavy atom. The van der Waals surface area contributed by atoms with E-state index >= 15 is 0 Å². The van der Waals surface area contributed by atoms with Gasteiger partial charge in [0, 0.05) is 6.04 Å². The summed E-state index contributed by atoms with van der Waals surface area (Å²) in [6, 6.07) is -0.106. The molecule has 1 saturated carbocycles. The molecule has 0 aromatic heterocycles. The number of hydrogen-bond donors (Lipinski definition) is 1. The predicted octanol–water partition coefficient (Wildman–Crippen LogP) is 0.0230. The molecule has 0 saturated heterocycles. The summed E-state index contributed by atoms with van der Waals surface area (Å²) in [6.45, 7) is 0. The first kappa shape index (κ1) is 7.94. The van der Waals surface area contributed by atoms with Gasteiger partial charge in [-0.1, -0.05) is 0 Å². The van der Waals surface area contributed by atoms with Gasteiger partial charge in [-0.25, -0.2) is 0 Å². The Labute approximate surface area is 59.6 Å². The quantitative estimate of drug-likeness (QED) is 0.590. The largest absolute Gasteiger partial charge is 0.327 e. The van der Waals surface area contributed by atoms with Crippen molar-refractivity contribution in [3.8, 4) is 0 Å². The zero-order chi connectivity index (χ0) is 7.78. The summed E-state index contributed by atoms with van der Waals surface area (Å²) in [6.07, 6.45) is 1.56. The molecule has 0 bridgehead atoms. The van der Waals surface area contributed by atoms with Crippen molar-refractivity contribution < 1.29 is 12.3 Å². The Morgan fingerprint density at radius 3 is 2.20 bits per heavy atom. The molecule has 2 atom stereocenters. The molecule has 10 heavy (non-hydrogen) atoms. The fourth-order valence-electron chi connectivity index (χ4n) is 1.06. The second-order valence-electron chi connectivity index (χ2n) is 2.71. The highest BCUT2D eigenvalue weighted by atomic mass is 32.3. The Kier molecular flexibility index (Phi) is 1.96. The molecule has 60 valence electrons. The molecule has 0 amide bonds. The van der Waals surface area contributed by atoms with Crippen LogP contribution < -0.4 is 5.73 Å². The van der Waals surface area contributed by atoms with Gasteiger partial charge in [0.2, 0.25) is 0 Å². The highest BCUT2D eigenvalue weighted by Gasteiger charge is 2.31. The van der Waals surface area contributed by atoms with Crippen LogP contribution in [0.4, 0.5) is 3.89 Å². The van der Waals surface area contributed by atoms with E-state index in [0.717, 1.165) is 12.8 Å². The highest BCUT2D eigenvalue weighted by Crippen LogP contribution is 2.26. The van der Waals surface area contributed by atoms with Crippen molar-refractivity contribution in [2.75, 3.05) is 5.75 Å². The average molecular weight is 167 g/mol. The van der Waals surface area contributed by atoms with Crippen LogP contribution in [0.1, 0.15) is 12.8 Å². The van der Waals surface area contributed by atoms with Crippen molar-refractivity contribution in [3.05, 3.63) is 0 Å². The van der Waals surface area contributed by atoms with E-state index in [9.17, 15) is 12.3 Å². The van der Waals surface area contributed by atoms with Gasteiger partial charge in [-0.05, 0) is 18.8 Å². The molecular formula is C5H10FNO2S. The summed E-state index contributed by atoms with van der Waals surface area (Å²) in [5.41, 5.74) is 5.40. The molecule has 0 aromatic carbocycles. The second-order valence-corrected chi connectivity index (χ2v) is 4.12. The van der Waals surface area contributed by atoms with Crippen molar-refractivity contribution in [1.29, 1.82) is 0 Å². The van der Waals surface area contributed by atoms with Gasteiger partial charge in [-0.3, -0.25) is 0 Å². The third kappa shape index (κ3) is 1.91. The molecule has 1 aliphatic carbocycles. The van der Waals surface area contributed by atoms with Gasteiger partial charge in [0.15, 0.2) is 0 Å². The Bertz CT molecular complexity index is 214. The zero-order valence-corrected chi connectivity index (χ0v) is 6.27. The van der Waals surface area contributed by atoms with Crippen LogP contribution in [0.3, 0.4) is 0 Å². The molecule has 0 unspecified atom stereocenters. The molecule has 0 aromatic rings. The van der Waals surface area contributed by atoms with Crippen LogP contribution in [0.5, 0.6) is 0 Å². The van der Waals surface area contributed by atoms with Crippen LogP contribution >= 0.6 is 0 Å². The minimum absolute atomic E-state index is 0.106. The van der Waals surface area contributed by atoms with E-state index in [0.29, 0.717) is 0 Å². The molecule has 2 N–H and O–H groups in total. The van der Waals surface area contributed by atoms with E-state index in [1.165, 1.54) is 0 Å². The summed E-state index contributed by atoms with van der Waals surface area (Å²) in [5.74, 6) is -0.538. The summed E-state index contributed by atoms with van der Waals surface area (Å²) < 4.78 is 32.1. The molecule has 0 heterocycles. The highest BCUT2D eigenvalue weighted by molar-refractivity contribution is 7.86. The Hall–Kier alpha value is -0.160. The maximum Gasteiger partial charge on any atom is 0.302 e. The second kappa shape index (κ2) is 2.47. The van der Waals surface area contributed by atoms with E-state index in [1.807, 2.05) is 0 Å². The lowest BCUT2D eigenvalue weighted by atomic mass is 9.82. The average Bonchev–Trinajstić information content (AvgIpc) is 1.78. The number of halogens is 1. The van der Waals surface area contributed by atoms with E-state index in [4.69, 9.17) is 5.73 Å². The molecule has 5 heteroatoms. The summed E-state index contributed by atoms with van der Waals surface area (Å²) in [5, 5.41) is 0. The minimum Gasteiger partial charge on any atom is -0.327 e. The number of nitrogens with two attached hydrogens (primary N) is 1. The van der Waals surface area contributed by atoms with Gasteiger partial charge in [0.05, 0.1) is 5.75 Å². The molecule has 0 spiro atoms. The van der Waals surface area contributed by atoms with Crippen LogP contribution in [0.15, 0.2) is 0 Å². The smallest absolute Gasteiger partial charge is 0.302 e. The lowest BCUT2D eigenvalue weighted by Crippen LogP contribution is -2.42. The molecule has 0 aliphatic heterocycles. The lowest BCUT2D eigenvalue weighted by Gasteiger charge is -2.31. The van der Waals surface area contributed by atoms with Gasteiger partial charge in [0.1, 0.15) is 0 Å². The van der Waals surface area contributed by atoms with Crippen LogP contribution in [0, 0.1) is 5.92 Å². The Balaban J connectivity index is 2.40. The van der Waals surface area contributed by atoms with E-state index in [2.05, 4.69) is 0 Å². The number of rotatable bonds is 2. The SMILES string of the molecule is N[C@H]1CC[C@H]1CS(=O)(=O)F. The van der Waals surface area contributed by atoms with Gasteiger partial charge < -0.3 is 5.73 Å². The molecule has 1 rings (SSSR count). The first-order chi connectivity index (χ1) is 4.49. The van der Waals surface area contributed by atoms with Crippen LogP contribution in [0.25, 0.3) is 0 Å². The van der Waals surface area contributed by atoms with Gasteiger partial charge >= 0.3 is 10.2 Å². The normalized spacial score (nSPS) is 33.4. The van der Waals surface area contributed by atoms with Crippen molar-refractivity contribution in [3.63, 3.8) is 0 Å². The minimum atomic E-state index is -4.30. The molecular weight excluding hydrogens is 157 g/mol. The fourth-order valence-corrected chi connectivity index (χ4v) is 1.98. The molecule has 0 radical (unpaired) electrons. The first-order valence-electron chi connectivity index (χ1n) is 3.17.